The minimum Gasteiger partial charge on any atom is -0.392 e. The molecule has 2 aliphatic rings. The number of hydrogen-bond acceptors (Lipinski definition) is 7. The van der Waals surface area contributed by atoms with Crippen LogP contribution in [0.4, 0.5) is 0 Å². The van der Waals surface area contributed by atoms with Crippen LogP contribution in [0.1, 0.15) is 55.5 Å². The molecule has 0 saturated carbocycles. The molecule has 5 atom stereocenters. The molecule has 4 N–H and O–H groups in total. The largest absolute Gasteiger partial charge is 0.392 e. The van der Waals surface area contributed by atoms with Crippen molar-refractivity contribution in [1.82, 2.24) is 20.4 Å². The normalized spacial score (nSPS) is 21.7. The van der Waals surface area contributed by atoms with Gasteiger partial charge in [-0.05, 0) is 61.9 Å². The van der Waals surface area contributed by atoms with E-state index in [1.54, 1.807) is 0 Å². The Balaban J connectivity index is 1.29. The van der Waals surface area contributed by atoms with Crippen molar-refractivity contribution in [2.24, 2.45) is 5.92 Å². The predicted octanol–water partition coefficient (Wildman–Crippen LogP) is 3.76. The quantitative estimate of drug-likeness (QED) is 0.204. The van der Waals surface area contributed by atoms with Gasteiger partial charge in [0.1, 0.15) is 6.04 Å². The predicted molar refractivity (Wildman–Crippen MR) is 184 cm³/mol. The van der Waals surface area contributed by atoms with Gasteiger partial charge in [-0.2, -0.15) is 0 Å². The Hall–Kier alpha value is -3.21. The SMILES string of the molecule is CC(C)(C)NC(=O)[C@@H]1CN(Cc2ccccc2S)CCN1C[C@@H](O)C[C@@H](Cc1ccccc1)C(=O)N[C@H]1c2ccccc2C[C@H]1O. The minimum absolute atomic E-state index is 0.0731. The lowest BCUT2D eigenvalue weighted by Gasteiger charge is -2.42. The fourth-order valence-electron chi connectivity index (χ4n) is 6.70. The second-order valence-electron chi connectivity index (χ2n) is 13.8. The number of carbonyl (C=O) groups excluding carboxylic acids is 2. The van der Waals surface area contributed by atoms with E-state index in [0.29, 0.717) is 32.5 Å². The number of fused-ring (bicyclic) bond motifs is 1. The molecule has 246 valence electrons. The Labute approximate surface area is 278 Å². The first-order chi connectivity index (χ1) is 22.0. The van der Waals surface area contributed by atoms with Crippen molar-refractivity contribution in [3.05, 3.63) is 101 Å². The highest BCUT2D eigenvalue weighted by Gasteiger charge is 2.37. The topological polar surface area (TPSA) is 105 Å². The fourth-order valence-corrected chi connectivity index (χ4v) is 6.93. The zero-order valence-electron chi connectivity index (χ0n) is 27.1. The van der Waals surface area contributed by atoms with Gasteiger partial charge in [0.05, 0.1) is 18.2 Å². The number of carbonyl (C=O) groups is 2. The number of thiol groups is 1. The maximum absolute atomic E-state index is 13.8. The second-order valence-corrected chi connectivity index (χ2v) is 14.3. The molecule has 3 aromatic rings. The van der Waals surface area contributed by atoms with Gasteiger partial charge in [0.25, 0.3) is 0 Å². The third-order valence-corrected chi connectivity index (χ3v) is 9.40. The van der Waals surface area contributed by atoms with Crippen molar-refractivity contribution in [1.29, 1.82) is 0 Å². The molecule has 1 fully saturated rings. The maximum atomic E-state index is 13.8. The van der Waals surface area contributed by atoms with Crippen molar-refractivity contribution in [3.8, 4) is 0 Å². The number of β-amino-alcohol motifs (C(OH)–C–C–N with tert-alkyl or cyclic N) is 1. The van der Waals surface area contributed by atoms with Crippen molar-refractivity contribution in [2.45, 2.75) is 81.3 Å². The molecular weight excluding hydrogens is 596 g/mol. The first kappa shape index (κ1) is 34.1. The fraction of sp³-hybridized carbons (Fsp3) is 0.459. The zero-order chi connectivity index (χ0) is 32.8. The number of amides is 2. The van der Waals surface area contributed by atoms with E-state index in [4.69, 9.17) is 0 Å². The highest BCUT2D eigenvalue weighted by molar-refractivity contribution is 7.80. The molecule has 3 aromatic carbocycles. The van der Waals surface area contributed by atoms with E-state index in [9.17, 15) is 19.8 Å². The highest BCUT2D eigenvalue weighted by atomic mass is 32.1. The number of hydrogen-bond donors (Lipinski definition) is 5. The molecule has 1 saturated heterocycles. The summed E-state index contributed by atoms with van der Waals surface area (Å²) in [7, 11) is 0. The standard InChI is InChI=1S/C37H48N4O4S/c1-37(2,3)39-36(45)31-24-40(22-27-14-8-10-16-33(27)46)17-18-41(31)23-29(42)20-28(19-25-11-5-4-6-12-25)35(44)38-34-30-15-9-7-13-26(30)21-32(34)43/h4-16,28-29,31-32,34,42-43,46H,17-24H2,1-3H3,(H,38,44)(H,39,45)/t28-,29+,31+,32-,34+/m1/s1. The molecule has 46 heavy (non-hydrogen) atoms. The van der Waals surface area contributed by atoms with Crippen molar-refractivity contribution in [2.75, 3.05) is 26.2 Å². The Bertz CT molecular complexity index is 1480. The Morgan fingerprint density at radius 3 is 2.41 bits per heavy atom. The highest BCUT2D eigenvalue weighted by Crippen LogP contribution is 2.32. The van der Waals surface area contributed by atoms with Crippen LogP contribution >= 0.6 is 12.6 Å². The summed E-state index contributed by atoms with van der Waals surface area (Å²) >= 11 is 4.62. The third kappa shape index (κ3) is 8.98. The van der Waals surface area contributed by atoms with Gasteiger partial charge >= 0.3 is 0 Å². The average Bonchev–Trinajstić information content (AvgIpc) is 3.32. The van der Waals surface area contributed by atoms with E-state index in [1.807, 2.05) is 93.6 Å². The van der Waals surface area contributed by atoms with Crippen molar-refractivity contribution < 1.29 is 19.8 Å². The third-order valence-electron chi connectivity index (χ3n) is 8.96. The second kappa shape index (κ2) is 15.1. The summed E-state index contributed by atoms with van der Waals surface area (Å²) in [6, 6.07) is 24.7. The molecule has 0 unspecified atom stereocenters. The van der Waals surface area contributed by atoms with E-state index in [1.165, 1.54) is 0 Å². The van der Waals surface area contributed by atoms with E-state index < -0.39 is 35.7 Å². The smallest absolute Gasteiger partial charge is 0.239 e. The molecule has 9 heteroatoms. The molecule has 0 spiro atoms. The Kier molecular flexibility index (Phi) is 11.2. The van der Waals surface area contributed by atoms with Crippen LogP contribution in [-0.2, 0) is 29.0 Å². The van der Waals surface area contributed by atoms with E-state index in [0.717, 1.165) is 33.7 Å². The number of rotatable bonds is 11. The molecule has 2 amide bonds. The van der Waals surface area contributed by atoms with Crippen LogP contribution in [0.5, 0.6) is 0 Å². The van der Waals surface area contributed by atoms with Gasteiger partial charge in [-0.25, -0.2) is 0 Å². The van der Waals surface area contributed by atoms with Crippen LogP contribution in [0.3, 0.4) is 0 Å². The lowest BCUT2D eigenvalue weighted by Crippen LogP contribution is -2.61. The summed E-state index contributed by atoms with van der Waals surface area (Å²) in [4.78, 5) is 32.7. The van der Waals surface area contributed by atoms with Gasteiger partial charge in [-0.15, -0.1) is 12.6 Å². The Morgan fingerprint density at radius 1 is 0.978 bits per heavy atom. The zero-order valence-corrected chi connectivity index (χ0v) is 28.0. The van der Waals surface area contributed by atoms with Crippen LogP contribution in [0.25, 0.3) is 0 Å². The van der Waals surface area contributed by atoms with Crippen LogP contribution < -0.4 is 10.6 Å². The van der Waals surface area contributed by atoms with Crippen molar-refractivity contribution >= 4 is 24.4 Å². The lowest BCUT2D eigenvalue weighted by molar-refractivity contribution is -0.132. The van der Waals surface area contributed by atoms with Gasteiger partial charge in [-0.3, -0.25) is 19.4 Å². The summed E-state index contributed by atoms with van der Waals surface area (Å²) in [5.74, 6) is -0.788. The summed E-state index contributed by atoms with van der Waals surface area (Å²) in [5.41, 5.74) is 3.69. The van der Waals surface area contributed by atoms with Gasteiger partial charge in [0, 0.05) is 55.5 Å². The van der Waals surface area contributed by atoms with E-state index >= 15 is 0 Å². The number of benzene rings is 3. The van der Waals surface area contributed by atoms with Crippen molar-refractivity contribution in [3.63, 3.8) is 0 Å². The van der Waals surface area contributed by atoms with Gasteiger partial charge in [-0.1, -0.05) is 72.8 Å². The lowest BCUT2D eigenvalue weighted by atomic mass is 9.91. The first-order valence-electron chi connectivity index (χ1n) is 16.3. The molecule has 0 aromatic heterocycles. The molecule has 8 nitrogen and oxygen atoms in total. The van der Waals surface area contributed by atoms with E-state index in [2.05, 4.69) is 39.1 Å². The number of nitrogens with zero attached hydrogens (tertiary/aromatic N) is 2. The molecule has 1 aliphatic carbocycles. The molecule has 0 radical (unpaired) electrons. The van der Waals surface area contributed by atoms with Gasteiger partial charge in [0.2, 0.25) is 11.8 Å². The summed E-state index contributed by atoms with van der Waals surface area (Å²) in [6.07, 6.45) is -0.353. The van der Waals surface area contributed by atoms with E-state index in [-0.39, 0.29) is 24.8 Å². The monoisotopic (exact) mass is 644 g/mol. The summed E-state index contributed by atoms with van der Waals surface area (Å²) in [6.45, 7) is 8.72. The van der Waals surface area contributed by atoms with Gasteiger partial charge < -0.3 is 20.8 Å². The molecule has 1 heterocycles. The minimum atomic E-state index is -0.838. The van der Waals surface area contributed by atoms with Crippen LogP contribution in [-0.4, -0.2) is 81.8 Å². The summed E-state index contributed by atoms with van der Waals surface area (Å²) in [5, 5.41) is 28.6. The average molecular weight is 645 g/mol. The molecule has 5 rings (SSSR count). The molecular formula is C37H48N4O4S. The number of nitrogens with one attached hydrogen (secondary N) is 2. The van der Waals surface area contributed by atoms with Crippen LogP contribution in [0, 0.1) is 5.92 Å². The summed E-state index contributed by atoms with van der Waals surface area (Å²) < 4.78 is 0. The molecule has 1 aliphatic heterocycles. The van der Waals surface area contributed by atoms with Crippen LogP contribution in [0.15, 0.2) is 83.8 Å². The number of aliphatic hydroxyl groups is 2. The maximum Gasteiger partial charge on any atom is 0.239 e. The Morgan fingerprint density at radius 2 is 1.67 bits per heavy atom. The van der Waals surface area contributed by atoms with Gasteiger partial charge in [0.15, 0.2) is 0 Å². The van der Waals surface area contributed by atoms with Crippen LogP contribution in [0.2, 0.25) is 0 Å². The first-order valence-corrected chi connectivity index (χ1v) is 16.7. The molecule has 0 bridgehead atoms. The number of aliphatic hydroxyl groups excluding tert-OH is 2. The number of piperazine rings is 1.